The van der Waals surface area contributed by atoms with Crippen molar-refractivity contribution in [3.8, 4) is 5.69 Å². The minimum Gasteiger partial charge on any atom is -0.465 e. The Balaban J connectivity index is 1.94. The normalized spacial score (nSPS) is 12.6. The van der Waals surface area contributed by atoms with Crippen LogP contribution in [0.25, 0.3) is 5.69 Å². The largest absolute Gasteiger partial charge is 0.465 e. The highest BCUT2D eigenvalue weighted by molar-refractivity contribution is 5.79. The Morgan fingerprint density at radius 1 is 1.04 bits per heavy atom. The van der Waals surface area contributed by atoms with E-state index in [1.807, 2.05) is 54.6 Å². The second-order valence-electron chi connectivity index (χ2n) is 6.37. The SMILES string of the molecule is CCOC(=O)C(c1ccn(-c2ccccc2Cc2ccccc2)c1)C(F)(F)F. The number of carbonyl (C=O) groups excluding carboxylic acids is 1. The van der Waals surface area contributed by atoms with E-state index in [9.17, 15) is 18.0 Å². The third-order valence-electron chi connectivity index (χ3n) is 4.41. The van der Waals surface area contributed by atoms with Crippen LogP contribution in [0.3, 0.4) is 0 Å². The number of alkyl halides is 3. The number of esters is 1. The average Bonchev–Trinajstić information content (AvgIpc) is 3.11. The second-order valence-corrected chi connectivity index (χ2v) is 6.37. The summed E-state index contributed by atoms with van der Waals surface area (Å²) in [4.78, 5) is 11.9. The van der Waals surface area contributed by atoms with Crippen molar-refractivity contribution in [2.75, 3.05) is 6.61 Å². The molecule has 3 aromatic rings. The number of ether oxygens (including phenoxy) is 1. The van der Waals surface area contributed by atoms with Crippen molar-refractivity contribution in [3.63, 3.8) is 0 Å². The van der Waals surface area contributed by atoms with Gasteiger partial charge in [0.1, 0.15) is 0 Å². The van der Waals surface area contributed by atoms with Crippen LogP contribution in [0.1, 0.15) is 29.5 Å². The first-order chi connectivity index (χ1) is 13.4. The van der Waals surface area contributed by atoms with Crippen LogP contribution in [0, 0.1) is 0 Å². The van der Waals surface area contributed by atoms with Crippen molar-refractivity contribution in [1.29, 1.82) is 0 Å². The van der Waals surface area contributed by atoms with Gasteiger partial charge in [-0.2, -0.15) is 13.2 Å². The van der Waals surface area contributed by atoms with E-state index in [1.165, 1.54) is 25.4 Å². The van der Waals surface area contributed by atoms with E-state index in [-0.39, 0.29) is 12.2 Å². The van der Waals surface area contributed by atoms with Crippen LogP contribution >= 0.6 is 0 Å². The van der Waals surface area contributed by atoms with Gasteiger partial charge in [-0.3, -0.25) is 4.79 Å². The molecule has 0 fully saturated rings. The summed E-state index contributed by atoms with van der Waals surface area (Å²) >= 11 is 0. The Morgan fingerprint density at radius 3 is 2.39 bits per heavy atom. The van der Waals surface area contributed by atoms with Crippen molar-refractivity contribution < 1.29 is 22.7 Å². The zero-order valence-electron chi connectivity index (χ0n) is 15.3. The quantitative estimate of drug-likeness (QED) is 0.539. The Kier molecular flexibility index (Phi) is 5.87. The topological polar surface area (TPSA) is 31.2 Å². The first-order valence-corrected chi connectivity index (χ1v) is 8.93. The molecular formula is C22H20F3NO2. The van der Waals surface area contributed by atoms with E-state index in [4.69, 9.17) is 0 Å². The van der Waals surface area contributed by atoms with Crippen LogP contribution in [0.2, 0.25) is 0 Å². The minimum atomic E-state index is -4.72. The number of aromatic nitrogens is 1. The van der Waals surface area contributed by atoms with Gasteiger partial charge >= 0.3 is 12.1 Å². The Hall–Kier alpha value is -3.02. The van der Waals surface area contributed by atoms with E-state index in [2.05, 4.69) is 4.74 Å². The van der Waals surface area contributed by atoms with E-state index < -0.39 is 18.1 Å². The lowest BCUT2D eigenvalue weighted by Crippen LogP contribution is -2.29. The molecule has 6 heteroatoms. The van der Waals surface area contributed by atoms with Crippen LogP contribution in [-0.2, 0) is 16.0 Å². The molecule has 0 aliphatic heterocycles. The van der Waals surface area contributed by atoms with Crippen molar-refractivity contribution in [1.82, 2.24) is 4.57 Å². The molecule has 0 amide bonds. The number of rotatable bonds is 6. The molecule has 1 atom stereocenters. The number of para-hydroxylation sites is 1. The smallest absolute Gasteiger partial charge is 0.406 e. The summed E-state index contributed by atoms with van der Waals surface area (Å²) in [5.41, 5.74) is 2.69. The van der Waals surface area contributed by atoms with Crippen molar-refractivity contribution in [3.05, 3.63) is 89.7 Å². The van der Waals surface area contributed by atoms with Crippen LogP contribution < -0.4 is 0 Å². The van der Waals surface area contributed by atoms with Gasteiger partial charge in [-0.15, -0.1) is 0 Å². The summed E-state index contributed by atoms with van der Waals surface area (Å²) in [7, 11) is 0. The molecule has 1 unspecified atom stereocenters. The van der Waals surface area contributed by atoms with Gasteiger partial charge in [0, 0.05) is 18.1 Å². The molecule has 0 N–H and O–H groups in total. The van der Waals surface area contributed by atoms with E-state index in [0.29, 0.717) is 6.42 Å². The molecule has 0 saturated carbocycles. The predicted octanol–water partition coefficient (Wildman–Crippen LogP) is 5.28. The molecule has 0 radical (unpaired) electrons. The van der Waals surface area contributed by atoms with Crippen molar-refractivity contribution in [2.45, 2.75) is 25.4 Å². The zero-order valence-corrected chi connectivity index (χ0v) is 15.3. The maximum Gasteiger partial charge on any atom is 0.406 e. The molecule has 3 nitrogen and oxygen atoms in total. The first-order valence-electron chi connectivity index (χ1n) is 8.93. The third kappa shape index (κ3) is 4.44. The molecule has 0 bridgehead atoms. The Bertz CT molecular complexity index is 932. The molecule has 0 saturated heterocycles. The summed E-state index contributed by atoms with van der Waals surface area (Å²) in [6.07, 6.45) is -1.19. The number of hydrogen-bond acceptors (Lipinski definition) is 2. The number of benzene rings is 2. The maximum absolute atomic E-state index is 13.4. The third-order valence-corrected chi connectivity index (χ3v) is 4.41. The van der Waals surface area contributed by atoms with Crippen LogP contribution in [0.15, 0.2) is 73.1 Å². The van der Waals surface area contributed by atoms with Gasteiger partial charge < -0.3 is 9.30 Å². The van der Waals surface area contributed by atoms with E-state index in [0.717, 1.165) is 16.8 Å². The summed E-state index contributed by atoms with van der Waals surface area (Å²) in [6, 6.07) is 18.6. The number of nitrogens with zero attached hydrogens (tertiary/aromatic N) is 1. The lowest BCUT2D eigenvalue weighted by Gasteiger charge is -2.17. The average molecular weight is 387 g/mol. The molecule has 0 spiro atoms. The monoisotopic (exact) mass is 387 g/mol. The van der Waals surface area contributed by atoms with Gasteiger partial charge in [0.2, 0.25) is 0 Å². The predicted molar refractivity (Wildman–Crippen MR) is 100 cm³/mol. The van der Waals surface area contributed by atoms with Crippen LogP contribution in [0.4, 0.5) is 13.2 Å². The molecule has 1 aromatic heterocycles. The van der Waals surface area contributed by atoms with Crippen LogP contribution in [0.5, 0.6) is 0 Å². The molecule has 2 aromatic carbocycles. The molecule has 3 rings (SSSR count). The van der Waals surface area contributed by atoms with Crippen molar-refractivity contribution >= 4 is 5.97 Å². The summed E-state index contributed by atoms with van der Waals surface area (Å²) in [5, 5.41) is 0. The lowest BCUT2D eigenvalue weighted by molar-refractivity contribution is -0.180. The van der Waals surface area contributed by atoms with E-state index in [1.54, 1.807) is 4.57 Å². The highest BCUT2D eigenvalue weighted by Gasteiger charge is 2.47. The van der Waals surface area contributed by atoms with Gasteiger partial charge in [0.15, 0.2) is 5.92 Å². The highest BCUT2D eigenvalue weighted by atomic mass is 19.4. The molecule has 28 heavy (non-hydrogen) atoms. The Morgan fingerprint density at radius 2 is 1.71 bits per heavy atom. The Labute approximate surface area is 161 Å². The first kappa shape index (κ1) is 19.7. The molecular weight excluding hydrogens is 367 g/mol. The van der Waals surface area contributed by atoms with Gasteiger partial charge in [-0.1, -0.05) is 48.5 Å². The fourth-order valence-electron chi connectivity index (χ4n) is 3.15. The summed E-state index contributed by atoms with van der Waals surface area (Å²) in [6.45, 7) is 1.38. The zero-order chi connectivity index (χ0) is 20.1. The van der Waals surface area contributed by atoms with Gasteiger partial charge in [-0.25, -0.2) is 0 Å². The summed E-state index contributed by atoms with van der Waals surface area (Å²) in [5.74, 6) is -3.58. The lowest BCUT2D eigenvalue weighted by atomic mass is 10.0. The number of carbonyl (C=O) groups is 1. The fourth-order valence-corrected chi connectivity index (χ4v) is 3.15. The molecule has 1 heterocycles. The van der Waals surface area contributed by atoms with Gasteiger partial charge in [0.05, 0.1) is 6.61 Å². The van der Waals surface area contributed by atoms with Crippen molar-refractivity contribution in [2.24, 2.45) is 0 Å². The maximum atomic E-state index is 13.4. The molecule has 0 aliphatic carbocycles. The summed E-state index contributed by atoms with van der Waals surface area (Å²) < 4.78 is 46.6. The minimum absolute atomic E-state index is 0.105. The standard InChI is InChI=1S/C22H20F3NO2/c1-2-28-21(27)20(22(23,24)25)18-12-13-26(15-18)19-11-7-6-10-17(19)14-16-8-4-3-5-9-16/h3-13,15,20H,2,14H2,1H3. The molecule has 0 aliphatic rings. The highest BCUT2D eigenvalue weighted by Crippen LogP contribution is 2.36. The van der Waals surface area contributed by atoms with Gasteiger partial charge in [0.25, 0.3) is 0 Å². The van der Waals surface area contributed by atoms with E-state index >= 15 is 0 Å². The number of halogens is 3. The van der Waals surface area contributed by atoms with Crippen LogP contribution in [-0.4, -0.2) is 23.3 Å². The molecule has 146 valence electrons. The number of hydrogen-bond donors (Lipinski definition) is 0. The second kappa shape index (κ2) is 8.33. The van der Waals surface area contributed by atoms with Gasteiger partial charge in [-0.05, 0) is 42.2 Å². The fraction of sp³-hybridized carbons (Fsp3) is 0.227.